The number of hydrogen-bond acceptors (Lipinski definition) is 7. The van der Waals surface area contributed by atoms with Crippen LogP contribution in [-0.4, -0.2) is 57.6 Å². The minimum atomic E-state index is -3.77. The zero-order valence-corrected chi connectivity index (χ0v) is 25.6. The maximum Gasteiger partial charge on any atom is 0.247 e. The molecular weight excluding hydrogens is 548 g/mol. The Balaban J connectivity index is 1.40. The number of anilines is 1. The lowest BCUT2D eigenvalue weighted by molar-refractivity contribution is -0.117. The van der Waals surface area contributed by atoms with Crippen LogP contribution in [0.4, 0.5) is 5.82 Å². The highest BCUT2D eigenvalue weighted by Crippen LogP contribution is 2.37. The predicted octanol–water partition coefficient (Wildman–Crippen LogP) is 5.14. The van der Waals surface area contributed by atoms with Gasteiger partial charge in [-0.2, -0.15) is 4.31 Å². The molecule has 0 saturated carbocycles. The maximum atomic E-state index is 14.1. The Bertz CT molecular complexity index is 1770. The minimum Gasteiger partial charge on any atom is -0.351 e. The summed E-state index contributed by atoms with van der Waals surface area (Å²) < 4.78 is 31.6. The van der Waals surface area contributed by atoms with Gasteiger partial charge in [-0.25, -0.2) is 18.1 Å². The summed E-state index contributed by atoms with van der Waals surface area (Å²) in [6.45, 7) is 9.94. The van der Waals surface area contributed by atoms with Crippen molar-refractivity contribution in [3.8, 4) is 0 Å². The van der Waals surface area contributed by atoms with E-state index in [0.717, 1.165) is 71.2 Å². The van der Waals surface area contributed by atoms with E-state index in [2.05, 4.69) is 38.4 Å². The first-order valence-corrected chi connectivity index (χ1v) is 16.3. The first-order chi connectivity index (χ1) is 20.2. The number of sulfonamides is 1. The molecule has 0 spiro atoms. The van der Waals surface area contributed by atoms with Crippen molar-refractivity contribution < 1.29 is 13.2 Å². The van der Waals surface area contributed by atoms with E-state index >= 15 is 0 Å². The first-order valence-electron chi connectivity index (χ1n) is 14.8. The van der Waals surface area contributed by atoms with Crippen LogP contribution in [0.25, 0.3) is 11.0 Å². The highest BCUT2D eigenvalue weighted by molar-refractivity contribution is 7.89. The molecule has 2 atom stereocenters. The zero-order chi connectivity index (χ0) is 29.6. The molecule has 0 bridgehead atoms. The van der Waals surface area contributed by atoms with Gasteiger partial charge in [0.25, 0.3) is 0 Å². The molecule has 0 aliphatic carbocycles. The Hall–Kier alpha value is -3.63. The molecule has 0 amide bonds. The molecule has 9 nitrogen and oxygen atoms in total. The third-order valence-corrected chi connectivity index (χ3v) is 10.8. The molecule has 2 aliphatic rings. The van der Waals surface area contributed by atoms with Gasteiger partial charge >= 0.3 is 0 Å². The van der Waals surface area contributed by atoms with Crippen molar-refractivity contribution in [2.24, 2.45) is 0 Å². The molecule has 0 N–H and O–H groups in total. The summed E-state index contributed by atoms with van der Waals surface area (Å²) >= 11 is 0. The molecule has 4 heterocycles. The average Bonchev–Trinajstić information content (AvgIpc) is 3.38. The van der Waals surface area contributed by atoms with Gasteiger partial charge in [0, 0.05) is 50.8 Å². The van der Waals surface area contributed by atoms with E-state index < -0.39 is 10.0 Å². The predicted molar refractivity (Wildman–Crippen MR) is 163 cm³/mol. The second-order valence-corrected chi connectivity index (χ2v) is 13.6. The monoisotopic (exact) mass is 586 g/mol. The van der Waals surface area contributed by atoms with E-state index in [-0.39, 0.29) is 29.2 Å². The van der Waals surface area contributed by atoms with Crippen molar-refractivity contribution in [3.05, 3.63) is 76.5 Å². The third kappa shape index (κ3) is 5.00. The van der Waals surface area contributed by atoms with Crippen LogP contribution in [-0.2, 0) is 27.9 Å². The molecule has 0 unspecified atom stereocenters. The summed E-state index contributed by atoms with van der Waals surface area (Å²) in [7, 11) is -3.77. The maximum absolute atomic E-state index is 14.1. The number of rotatable bonds is 7. The van der Waals surface area contributed by atoms with Gasteiger partial charge in [0.15, 0.2) is 0 Å². The Morgan fingerprint density at radius 3 is 2.74 bits per heavy atom. The van der Waals surface area contributed by atoms with Gasteiger partial charge in [-0.15, -0.1) is 5.10 Å². The van der Waals surface area contributed by atoms with Gasteiger partial charge in [-0.1, -0.05) is 29.5 Å². The van der Waals surface area contributed by atoms with Crippen molar-refractivity contribution in [3.63, 3.8) is 0 Å². The number of Topliss-reactive ketones (excluding diaryl/α,β-unsaturated/α-hetero) is 1. The summed E-state index contributed by atoms with van der Waals surface area (Å²) in [5.41, 5.74) is 6.82. The highest BCUT2D eigenvalue weighted by Gasteiger charge is 2.39. The van der Waals surface area contributed by atoms with E-state index in [4.69, 9.17) is 0 Å². The number of fused-ring (bicyclic) bond motifs is 4. The van der Waals surface area contributed by atoms with Crippen LogP contribution >= 0.6 is 0 Å². The molecule has 2 aromatic carbocycles. The third-order valence-electron chi connectivity index (χ3n) is 8.95. The van der Waals surface area contributed by atoms with Crippen LogP contribution in [0.15, 0.2) is 53.6 Å². The van der Waals surface area contributed by atoms with Crippen LogP contribution < -0.4 is 4.90 Å². The summed E-state index contributed by atoms with van der Waals surface area (Å²) in [6.07, 6.45) is 5.07. The van der Waals surface area contributed by atoms with E-state index in [1.165, 1.54) is 0 Å². The van der Waals surface area contributed by atoms with Gasteiger partial charge < -0.3 is 4.90 Å². The van der Waals surface area contributed by atoms with Crippen molar-refractivity contribution in [2.45, 2.75) is 83.3 Å². The van der Waals surface area contributed by atoms with Crippen LogP contribution in [0.2, 0.25) is 0 Å². The Kier molecular flexibility index (Phi) is 7.61. The smallest absolute Gasteiger partial charge is 0.247 e. The molecule has 6 rings (SSSR count). The van der Waals surface area contributed by atoms with Crippen LogP contribution in [0.3, 0.4) is 0 Å². The normalized spacial score (nSPS) is 19.2. The summed E-state index contributed by atoms with van der Waals surface area (Å²) in [5, 5.41) is 8.73. The molecule has 1 fully saturated rings. The van der Waals surface area contributed by atoms with Crippen molar-refractivity contribution in [2.75, 3.05) is 18.0 Å². The van der Waals surface area contributed by atoms with Crippen molar-refractivity contribution in [1.82, 2.24) is 24.3 Å². The molecular formula is C32H38N6O3S. The van der Waals surface area contributed by atoms with Gasteiger partial charge in [-0.3, -0.25) is 4.79 Å². The second kappa shape index (κ2) is 11.2. The number of benzene rings is 2. The van der Waals surface area contributed by atoms with E-state index in [1.54, 1.807) is 29.6 Å². The Morgan fingerprint density at radius 2 is 1.95 bits per heavy atom. The number of pyridine rings is 1. The number of nitrogens with zero attached hydrogens (tertiary/aromatic N) is 6. The summed E-state index contributed by atoms with van der Waals surface area (Å²) in [6, 6.07) is 13.8. The lowest BCUT2D eigenvalue weighted by Gasteiger charge is -2.36. The topological polar surface area (TPSA) is 101 Å². The fourth-order valence-corrected chi connectivity index (χ4v) is 8.25. The van der Waals surface area contributed by atoms with Crippen LogP contribution in [0.5, 0.6) is 0 Å². The molecule has 2 aromatic heterocycles. The standard InChI is InChI=1S/C32H38N6O3S/c1-5-38-29-14-13-27(23(4)31(29)34-35-38)28(17-22(3)39)24-12-11-21(2)25(18-24)19-36-20-26-9-6-7-16-37(26)32-30(42(36,40)41)10-8-15-33-32/h8,10-15,18,26,28H,5-7,9,16-17,19-20H2,1-4H3/t26-,28+/m0/s1. The van der Waals surface area contributed by atoms with E-state index in [0.29, 0.717) is 18.8 Å². The minimum absolute atomic E-state index is 0.0875. The number of carbonyl (C=O) groups excluding carboxylic acids is 1. The molecule has 4 aromatic rings. The van der Waals surface area contributed by atoms with Gasteiger partial charge in [-0.05, 0) is 93.0 Å². The lowest BCUT2D eigenvalue weighted by atomic mass is 9.83. The lowest BCUT2D eigenvalue weighted by Crippen LogP contribution is -2.45. The summed E-state index contributed by atoms with van der Waals surface area (Å²) in [5.74, 6) is 0.482. The Labute approximate surface area is 247 Å². The Morgan fingerprint density at radius 1 is 1.12 bits per heavy atom. The number of aromatic nitrogens is 4. The van der Waals surface area contributed by atoms with Crippen molar-refractivity contribution in [1.29, 1.82) is 0 Å². The molecule has 0 radical (unpaired) electrons. The van der Waals surface area contributed by atoms with Crippen LogP contribution in [0.1, 0.15) is 73.3 Å². The van der Waals surface area contributed by atoms with E-state index in [9.17, 15) is 13.2 Å². The van der Waals surface area contributed by atoms with Gasteiger partial charge in [0.1, 0.15) is 22.0 Å². The number of aryl methyl sites for hydroxylation is 3. The molecule has 220 valence electrons. The fraction of sp³-hybridized carbons (Fsp3) is 0.438. The molecule has 10 heteroatoms. The fourth-order valence-electron chi connectivity index (χ4n) is 6.65. The average molecular weight is 587 g/mol. The largest absolute Gasteiger partial charge is 0.351 e. The van der Waals surface area contributed by atoms with Crippen LogP contribution in [0, 0.1) is 13.8 Å². The molecule has 42 heavy (non-hydrogen) atoms. The molecule has 1 saturated heterocycles. The highest BCUT2D eigenvalue weighted by atomic mass is 32.2. The second-order valence-electron chi connectivity index (χ2n) is 11.7. The van der Waals surface area contributed by atoms with E-state index in [1.807, 2.05) is 37.6 Å². The number of hydrogen-bond donors (Lipinski definition) is 0. The SMILES string of the molecule is CCn1nnc2c(C)c([C@H](CC(C)=O)c3ccc(C)c(CN4C[C@@H]5CCCCN5c5ncccc5S4(=O)=O)c3)ccc21. The number of ketones is 1. The molecule has 2 aliphatic heterocycles. The summed E-state index contributed by atoms with van der Waals surface area (Å²) in [4.78, 5) is 19.5. The quantitative estimate of drug-likeness (QED) is 0.296. The van der Waals surface area contributed by atoms with Gasteiger partial charge in [0.05, 0.1) is 5.52 Å². The van der Waals surface area contributed by atoms with Gasteiger partial charge in [0.2, 0.25) is 10.0 Å². The zero-order valence-electron chi connectivity index (χ0n) is 24.7. The van der Waals surface area contributed by atoms with Crippen molar-refractivity contribution >= 4 is 32.7 Å². The number of piperidine rings is 1. The number of carbonyl (C=O) groups is 1. The first kappa shape index (κ1) is 28.5.